The van der Waals surface area contributed by atoms with Gasteiger partial charge in [-0.2, -0.15) is 4.98 Å². The summed E-state index contributed by atoms with van der Waals surface area (Å²) in [4.78, 5) is 4.24. The van der Waals surface area contributed by atoms with Crippen molar-refractivity contribution in [2.75, 3.05) is 0 Å². The van der Waals surface area contributed by atoms with Gasteiger partial charge in [0.25, 0.3) is 0 Å². The van der Waals surface area contributed by atoms with Crippen molar-refractivity contribution in [1.82, 2.24) is 20.3 Å². The molecule has 18 heavy (non-hydrogen) atoms. The molecule has 0 radical (unpaired) electrons. The van der Waals surface area contributed by atoms with Gasteiger partial charge in [0.15, 0.2) is 10.1 Å². The van der Waals surface area contributed by atoms with Crippen molar-refractivity contribution in [3.63, 3.8) is 0 Å². The van der Waals surface area contributed by atoms with Crippen molar-refractivity contribution < 1.29 is 8.94 Å². The van der Waals surface area contributed by atoms with Crippen LogP contribution in [-0.4, -0.2) is 20.3 Å². The normalized spacial score (nSPS) is 10.9. The van der Waals surface area contributed by atoms with Gasteiger partial charge < -0.3 is 8.94 Å². The van der Waals surface area contributed by atoms with E-state index < -0.39 is 0 Å². The highest BCUT2D eigenvalue weighted by molar-refractivity contribution is 8.00. The molecular weight excluding hydrogens is 272 g/mol. The van der Waals surface area contributed by atoms with Gasteiger partial charge in [-0.3, -0.25) is 0 Å². The molecule has 3 rings (SSSR count). The van der Waals surface area contributed by atoms with Crippen LogP contribution < -0.4 is 0 Å². The summed E-state index contributed by atoms with van der Waals surface area (Å²) in [7, 11) is 0. The van der Waals surface area contributed by atoms with Gasteiger partial charge in [0, 0.05) is 0 Å². The SMILES string of the molecule is Cc1nnc(SCc2nc(-c3ccco3)no2)s1. The number of furan rings is 1. The summed E-state index contributed by atoms with van der Waals surface area (Å²) in [6.45, 7) is 1.92. The zero-order valence-corrected chi connectivity index (χ0v) is 11.0. The Bertz CT molecular complexity index is 632. The maximum Gasteiger partial charge on any atom is 0.238 e. The van der Waals surface area contributed by atoms with Crippen molar-refractivity contribution in [2.24, 2.45) is 0 Å². The van der Waals surface area contributed by atoms with Crippen LogP contribution in [0.5, 0.6) is 0 Å². The van der Waals surface area contributed by atoms with Crippen LogP contribution in [0.25, 0.3) is 11.6 Å². The van der Waals surface area contributed by atoms with Crippen LogP contribution >= 0.6 is 23.1 Å². The summed E-state index contributed by atoms with van der Waals surface area (Å²) in [5.41, 5.74) is 0. The number of aryl methyl sites for hydroxylation is 1. The summed E-state index contributed by atoms with van der Waals surface area (Å²) in [5, 5.41) is 12.7. The molecule has 0 saturated heterocycles. The topological polar surface area (TPSA) is 77.8 Å². The highest BCUT2D eigenvalue weighted by Crippen LogP contribution is 2.26. The van der Waals surface area contributed by atoms with Gasteiger partial charge in [0.05, 0.1) is 12.0 Å². The molecule has 6 nitrogen and oxygen atoms in total. The van der Waals surface area contributed by atoms with Crippen molar-refractivity contribution >= 4 is 23.1 Å². The monoisotopic (exact) mass is 280 g/mol. The first-order valence-corrected chi connectivity index (χ1v) is 6.91. The quantitative estimate of drug-likeness (QED) is 0.680. The smallest absolute Gasteiger partial charge is 0.238 e. The van der Waals surface area contributed by atoms with Gasteiger partial charge in [-0.15, -0.1) is 10.2 Å². The van der Waals surface area contributed by atoms with E-state index in [9.17, 15) is 0 Å². The first-order valence-electron chi connectivity index (χ1n) is 5.10. The third-order valence-corrected chi connectivity index (χ3v) is 3.99. The molecule has 3 heterocycles. The largest absolute Gasteiger partial charge is 0.461 e. The highest BCUT2D eigenvalue weighted by Gasteiger charge is 2.11. The Morgan fingerprint density at radius 2 is 2.33 bits per heavy atom. The summed E-state index contributed by atoms with van der Waals surface area (Å²) in [6, 6.07) is 3.57. The summed E-state index contributed by atoms with van der Waals surface area (Å²) in [6.07, 6.45) is 1.57. The first-order chi connectivity index (χ1) is 8.81. The maximum absolute atomic E-state index is 5.19. The first kappa shape index (κ1) is 11.4. The van der Waals surface area contributed by atoms with Crippen LogP contribution in [0.2, 0.25) is 0 Å². The molecule has 0 saturated carbocycles. The lowest BCUT2D eigenvalue weighted by atomic mass is 10.4. The molecule has 92 valence electrons. The van der Waals surface area contributed by atoms with Gasteiger partial charge in [-0.05, 0) is 19.1 Å². The molecule has 0 fully saturated rings. The highest BCUT2D eigenvalue weighted by atomic mass is 32.2. The third-order valence-electron chi connectivity index (χ3n) is 2.04. The van der Waals surface area contributed by atoms with Gasteiger partial charge in [0.1, 0.15) is 5.01 Å². The molecule has 0 aliphatic heterocycles. The summed E-state index contributed by atoms with van der Waals surface area (Å²) in [5.74, 6) is 2.17. The number of rotatable bonds is 4. The van der Waals surface area contributed by atoms with Crippen LogP contribution in [0.15, 0.2) is 31.7 Å². The maximum atomic E-state index is 5.19. The van der Waals surface area contributed by atoms with Gasteiger partial charge in [-0.25, -0.2) is 0 Å². The fourth-order valence-corrected chi connectivity index (χ4v) is 2.93. The summed E-state index contributed by atoms with van der Waals surface area (Å²) < 4.78 is 11.2. The van der Waals surface area contributed by atoms with Crippen molar-refractivity contribution in [3.05, 3.63) is 29.3 Å². The average Bonchev–Trinajstić information content (AvgIpc) is 3.07. The van der Waals surface area contributed by atoms with Crippen molar-refractivity contribution in [3.8, 4) is 11.6 Å². The van der Waals surface area contributed by atoms with Crippen LogP contribution in [-0.2, 0) is 5.75 Å². The van der Waals surface area contributed by atoms with E-state index in [-0.39, 0.29) is 0 Å². The predicted octanol–water partition coefficient (Wildman–Crippen LogP) is 2.78. The lowest BCUT2D eigenvalue weighted by molar-refractivity contribution is 0.390. The Morgan fingerprint density at radius 3 is 3.06 bits per heavy atom. The van der Waals surface area contributed by atoms with Crippen molar-refractivity contribution in [1.29, 1.82) is 0 Å². The number of hydrogen-bond acceptors (Lipinski definition) is 8. The molecule has 0 unspecified atom stereocenters. The zero-order valence-electron chi connectivity index (χ0n) is 9.36. The molecule has 0 bridgehead atoms. The van der Waals surface area contributed by atoms with Crippen LogP contribution in [0, 0.1) is 6.92 Å². The van der Waals surface area contributed by atoms with Crippen LogP contribution in [0.4, 0.5) is 0 Å². The fourth-order valence-electron chi connectivity index (χ4n) is 1.28. The minimum Gasteiger partial charge on any atom is -0.461 e. The molecule has 0 N–H and O–H groups in total. The van der Waals surface area contributed by atoms with Gasteiger partial charge >= 0.3 is 0 Å². The van der Waals surface area contributed by atoms with E-state index in [1.165, 1.54) is 11.8 Å². The zero-order chi connectivity index (χ0) is 12.4. The molecule has 0 amide bonds. The van der Waals surface area contributed by atoms with Gasteiger partial charge in [0.2, 0.25) is 11.7 Å². The Labute approximate surface area is 110 Å². The van der Waals surface area contributed by atoms with E-state index >= 15 is 0 Å². The standard InChI is InChI=1S/C10H8N4O2S2/c1-6-12-13-10(18-6)17-5-8-11-9(14-16-8)7-3-2-4-15-7/h2-4H,5H2,1H3. The Balaban J connectivity index is 1.67. The molecular formula is C10H8N4O2S2. The van der Waals surface area contributed by atoms with E-state index in [2.05, 4.69) is 20.3 Å². The molecule has 0 atom stereocenters. The van der Waals surface area contributed by atoms with E-state index in [0.29, 0.717) is 23.2 Å². The van der Waals surface area contributed by atoms with E-state index in [4.69, 9.17) is 8.94 Å². The van der Waals surface area contributed by atoms with E-state index in [1.54, 1.807) is 29.7 Å². The molecule has 8 heteroatoms. The third kappa shape index (κ3) is 2.44. The molecule has 0 aromatic carbocycles. The molecule has 0 aliphatic carbocycles. The van der Waals surface area contributed by atoms with E-state index in [0.717, 1.165) is 9.35 Å². The second kappa shape index (κ2) is 4.91. The number of hydrogen-bond donors (Lipinski definition) is 0. The second-order valence-corrected chi connectivity index (χ2v) is 5.77. The minimum atomic E-state index is 0.462. The second-order valence-electron chi connectivity index (χ2n) is 3.36. The molecule has 3 aromatic rings. The lowest BCUT2D eigenvalue weighted by Crippen LogP contribution is -1.81. The number of thioether (sulfide) groups is 1. The molecule has 3 aromatic heterocycles. The number of aromatic nitrogens is 4. The van der Waals surface area contributed by atoms with E-state index in [1.807, 2.05) is 6.92 Å². The average molecular weight is 280 g/mol. The van der Waals surface area contributed by atoms with Crippen LogP contribution in [0.3, 0.4) is 0 Å². The van der Waals surface area contributed by atoms with Crippen LogP contribution in [0.1, 0.15) is 10.9 Å². The summed E-state index contributed by atoms with van der Waals surface area (Å²) >= 11 is 3.07. The minimum absolute atomic E-state index is 0.462. The number of nitrogens with zero attached hydrogens (tertiary/aromatic N) is 4. The van der Waals surface area contributed by atoms with Crippen molar-refractivity contribution in [2.45, 2.75) is 17.0 Å². The van der Waals surface area contributed by atoms with Gasteiger partial charge in [-0.1, -0.05) is 28.3 Å². The predicted molar refractivity (Wildman–Crippen MR) is 66.2 cm³/mol. The molecule has 0 spiro atoms. The lowest BCUT2D eigenvalue weighted by Gasteiger charge is -1.88. The fraction of sp³-hybridized carbons (Fsp3) is 0.200. The Hall–Kier alpha value is -1.67. The Morgan fingerprint density at radius 1 is 1.39 bits per heavy atom. The Kier molecular flexibility index (Phi) is 3.11. The molecule has 0 aliphatic rings.